The van der Waals surface area contributed by atoms with E-state index in [0.29, 0.717) is 36.4 Å². The smallest absolute Gasteiger partial charge is 0.329 e. The maximum atomic E-state index is 13.1. The van der Waals surface area contributed by atoms with Crippen LogP contribution in [0.3, 0.4) is 0 Å². The molecule has 2 atom stereocenters. The van der Waals surface area contributed by atoms with Crippen LogP contribution in [0.5, 0.6) is 0 Å². The number of rotatable bonds is 6. The first-order valence-electron chi connectivity index (χ1n) is 11.5. The Labute approximate surface area is 206 Å². The van der Waals surface area contributed by atoms with Crippen molar-refractivity contribution < 1.29 is 23.5 Å². The van der Waals surface area contributed by atoms with Gasteiger partial charge in [-0.05, 0) is 48.9 Å². The molecule has 35 heavy (non-hydrogen) atoms. The van der Waals surface area contributed by atoms with Crippen LogP contribution in [0.15, 0.2) is 69.7 Å². The zero-order chi connectivity index (χ0) is 24.4. The minimum absolute atomic E-state index is 0.185. The lowest BCUT2D eigenvalue weighted by atomic mass is 10.0. The van der Waals surface area contributed by atoms with E-state index >= 15 is 0 Å². The molecule has 1 saturated heterocycles. The molecule has 0 spiro atoms. The molecule has 2 amide bonds. The van der Waals surface area contributed by atoms with Crippen LogP contribution in [0.4, 0.5) is 0 Å². The summed E-state index contributed by atoms with van der Waals surface area (Å²) >= 11 is 1.34. The van der Waals surface area contributed by atoms with Gasteiger partial charge in [-0.1, -0.05) is 35.9 Å². The lowest BCUT2D eigenvalue weighted by molar-refractivity contribution is -0.156. The maximum absolute atomic E-state index is 13.1. The molecule has 0 aliphatic carbocycles. The van der Waals surface area contributed by atoms with Gasteiger partial charge in [0.15, 0.2) is 6.61 Å². The van der Waals surface area contributed by atoms with Crippen LogP contribution in [-0.4, -0.2) is 52.6 Å². The van der Waals surface area contributed by atoms with Gasteiger partial charge in [-0.15, -0.1) is 11.3 Å². The lowest BCUT2D eigenvalue weighted by Crippen LogP contribution is -2.42. The zero-order valence-corrected chi connectivity index (χ0v) is 20.1. The van der Waals surface area contributed by atoms with Crippen molar-refractivity contribution in [1.82, 2.24) is 9.91 Å². The lowest BCUT2D eigenvalue weighted by Gasteiger charge is -2.23. The number of aryl methyl sites for hydroxylation is 1. The third-order valence-corrected chi connectivity index (χ3v) is 7.14. The molecule has 0 bridgehead atoms. The van der Waals surface area contributed by atoms with Crippen molar-refractivity contribution in [3.05, 3.63) is 81.9 Å². The number of carbonyl (C=O) groups is 3. The quantitative estimate of drug-likeness (QED) is 0.483. The van der Waals surface area contributed by atoms with Crippen molar-refractivity contribution in [3.8, 4) is 0 Å². The number of benzene rings is 1. The molecular weight excluding hydrogens is 466 g/mol. The van der Waals surface area contributed by atoms with E-state index in [1.54, 1.807) is 30.5 Å². The number of likely N-dealkylation sites (tertiary alicyclic amines) is 1. The molecular formula is C26H25N3O5S. The Kier molecular flexibility index (Phi) is 6.50. The summed E-state index contributed by atoms with van der Waals surface area (Å²) < 4.78 is 11.0. The molecule has 2 aliphatic rings. The van der Waals surface area contributed by atoms with E-state index in [2.05, 4.69) is 5.10 Å². The van der Waals surface area contributed by atoms with E-state index in [-0.39, 0.29) is 5.91 Å². The standard InChI is InChI=1S/C26H25N3O5S/c1-17-8-10-18(11-9-17)19-15-21(22-6-3-13-33-22)29(27-19)24(30)16-34-26(32)20-5-2-12-28(20)25(31)23-7-4-14-35-23/h3-4,6-11,13-14,20-21H,2,5,12,15-16H2,1H3/t20-,21?/m0/s1. The van der Waals surface area contributed by atoms with Gasteiger partial charge in [0.2, 0.25) is 0 Å². The highest BCUT2D eigenvalue weighted by atomic mass is 32.1. The van der Waals surface area contributed by atoms with Gasteiger partial charge >= 0.3 is 5.97 Å². The number of nitrogens with zero attached hydrogens (tertiary/aromatic N) is 3. The Morgan fingerprint density at radius 2 is 1.97 bits per heavy atom. The fraction of sp³-hybridized carbons (Fsp3) is 0.308. The molecule has 2 aliphatic heterocycles. The summed E-state index contributed by atoms with van der Waals surface area (Å²) in [6.07, 6.45) is 3.27. The van der Waals surface area contributed by atoms with Crippen LogP contribution in [-0.2, 0) is 14.3 Å². The molecule has 0 radical (unpaired) electrons. The second-order valence-electron chi connectivity index (χ2n) is 8.63. The van der Waals surface area contributed by atoms with Crippen molar-refractivity contribution in [2.45, 2.75) is 38.3 Å². The SMILES string of the molecule is Cc1ccc(C2=NN(C(=O)COC(=O)[C@@H]3CCCN3C(=O)c3cccs3)C(c3ccco3)C2)cc1. The number of hydrogen-bond donors (Lipinski definition) is 0. The minimum Gasteiger partial charge on any atom is -0.467 e. The van der Waals surface area contributed by atoms with Crippen LogP contribution < -0.4 is 0 Å². The number of hydrogen-bond acceptors (Lipinski definition) is 7. The van der Waals surface area contributed by atoms with E-state index in [9.17, 15) is 14.4 Å². The predicted octanol–water partition coefficient (Wildman–Crippen LogP) is 4.18. The highest BCUT2D eigenvalue weighted by Crippen LogP contribution is 2.33. The Morgan fingerprint density at radius 1 is 1.14 bits per heavy atom. The Morgan fingerprint density at radius 3 is 2.69 bits per heavy atom. The fourth-order valence-corrected chi connectivity index (χ4v) is 5.13. The number of amides is 2. The molecule has 0 saturated carbocycles. The van der Waals surface area contributed by atoms with E-state index in [4.69, 9.17) is 9.15 Å². The largest absolute Gasteiger partial charge is 0.467 e. The normalized spacial score (nSPS) is 19.6. The molecule has 5 rings (SSSR count). The Balaban J connectivity index is 1.28. The summed E-state index contributed by atoms with van der Waals surface area (Å²) in [5, 5.41) is 7.73. The topological polar surface area (TPSA) is 92.4 Å². The number of furan rings is 1. The van der Waals surface area contributed by atoms with Gasteiger partial charge in [0.05, 0.1) is 16.9 Å². The molecule has 2 aromatic heterocycles. The number of carbonyl (C=O) groups excluding carboxylic acids is 3. The summed E-state index contributed by atoms with van der Waals surface area (Å²) in [6.45, 7) is 2.04. The van der Waals surface area contributed by atoms with Gasteiger partial charge in [-0.25, -0.2) is 9.80 Å². The molecule has 9 heteroatoms. The molecule has 1 fully saturated rings. The average Bonchev–Trinajstić information content (AvgIpc) is 3.68. The number of thiophene rings is 1. The highest BCUT2D eigenvalue weighted by molar-refractivity contribution is 7.12. The molecule has 180 valence electrons. The monoisotopic (exact) mass is 491 g/mol. The predicted molar refractivity (Wildman–Crippen MR) is 130 cm³/mol. The van der Waals surface area contributed by atoms with Crippen LogP contribution in [0, 0.1) is 6.92 Å². The van der Waals surface area contributed by atoms with Gasteiger partial charge in [-0.2, -0.15) is 5.10 Å². The molecule has 4 heterocycles. The summed E-state index contributed by atoms with van der Waals surface area (Å²) in [5.74, 6) is -0.595. The van der Waals surface area contributed by atoms with Gasteiger partial charge in [-0.3, -0.25) is 9.59 Å². The maximum Gasteiger partial charge on any atom is 0.329 e. The third-order valence-electron chi connectivity index (χ3n) is 6.28. The van der Waals surface area contributed by atoms with Crippen molar-refractivity contribution >= 4 is 34.8 Å². The van der Waals surface area contributed by atoms with Gasteiger partial charge < -0.3 is 14.1 Å². The summed E-state index contributed by atoms with van der Waals surface area (Å²) in [7, 11) is 0. The van der Waals surface area contributed by atoms with Gasteiger partial charge in [0, 0.05) is 13.0 Å². The molecule has 1 unspecified atom stereocenters. The number of hydrazone groups is 1. The molecule has 0 N–H and O–H groups in total. The van der Waals surface area contributed by atoms with E-state index in [0.717, 1.165) is 16.8 Å². The average molecular weight is 492 g/mol. The van der Waals surface area contributed by atoms with Crippen LogP contribution in [0.2, 0.25) is 0 Å². The molecule has 1 aromatic carbocycles. The van der Waals surface area contributed by atoms with Gasteiger partial charge in [0.25, 0.3) is 11.8 Å². The Bertz CT molecular complexity index is 1230. The Hall–Kier alpha value is -3.72. The first-order chi connectivity index (χ1) is 17.0. The number of ether oxygens (including phenoxy) is 1. The number of esters is 1. The molecule has 3 aromatic rings. The van der Waals surface area contributed by atoms with E-state index in [1.165, 1.54) is 21.2 Å². The minimum atomic E-state index is -0.691. The first kappa shape index (κ1) is 23.0. The summed E-state index contributed by atoms with van der Waals surface area (Å²) in [4.78, 5) is 40.8. The van der Waals surface area contributed by atoms with Crippen molar-refractivity contribution in [3.63, 3.8) is 0 Å². The first-order valence-corrected chi connectivity index (χ1v) is 12.4. The fourth-order valence-electron chi connectivity index (χ4n) is 4.46. The van der Waals surface area contributed by atoms with Gasteiger partial charge in [0.1, 0.15) is 17.8 Å². The highest BCUT2D eigenvalue weighted by Gasteiger charge is 2.38. The van der Waals surface area contributed by atoms with Crippen LogP contribution in [0.25, 0.3) is 0 Å². The zero-order valence-electron chi connectivity index (χ0n) is 19.3. The van der Waals surface area contributed by atoms with Crippen LogP contribution in [0.1, 0.15) is 51.9 Å². The summed E-state index contributed by atoms with van der Waals surface area (Å²) in [5.41, 5.74) is 2.82. The third kappa shape index (κ3) is 4.77. The van der Waals surface area contributed by atoms with Crippen LogP contribution >= 0.6 is 11.3 Å². The second-order valence-corrected chi connectivity index (χ2v) is 9.58. The molecule has 8 nitrogen and oxygen atoms in total. The second kappa shape index (κ2) is 9.87. The van der Waals surface area contributed by atoms with Crippen molar-refractivity contribution in [2.24, 2.45) is 5.10 Å². The van der Waals surface area contributed by atoms with Crippen molar-refractivity contribution in [1.29, 1.82) is 0 Å². The van der Waals surface area contributed by atoms with E-state index in [1.807, 2.05) is 36.6 Å². The summed E-state index contributed by atoms with van der Waals surface area (Å²) in [6, 6.07) is 13.9. The van der Waals surface area contributed by atoms with E-state index < -0.39 is 30.6 Å². The van der Waals surface area contributed by atoms with Crippen molar-refractivity contribution in [2.75, 3.05) is 13.2 Å².